The van der Waals surface area contributed by atoms with Crippen LogP contribution >= 0.6 is 11.3 Å². The molecule has 15 heavy (non-hydrogen) atoms. The van der Waals surface area contributed by atoms with Crippen molar-refractivity contribution in [2.75, 3.05) is 18.4 Å². The third-order valence-corrected chi connectivity index (χ3v) is 3.95. The molecule has 1 aliphatic rings. The molecule has 1 aromatic rings. The number of piperidine rings is 1. The number of nitrogens with one attached hydrogen (secondary N) is 2. The first-order chi connectivity index (χ1) is 7.18. The minimum absolute atomic E-state index is 0.391. The summed E-state index contributed by atoms with van der Waals surface area (Å²) >= 11 is 1.66. The first kappa shape index (κ1) is 10.9. The number of hydrogen-bond acceptors (Lipinski definition) is 4. The molecule has 0 aliphatic carbocycles. The summed E-state index contributed by atoms with van der Waals surface area (Å²) in [6, 6.07) is 0.551. The minimum atomic E-state index is 0.391. The Morgan fingerprint density at radius 3 is 3.20 bits per heavy atom. The summed E-state index contributed by atoms with van der Waals surface area (Å²) in [5.74, 6) is 0. The first-order valence-corrected chi connectivity index (χ1v) is 6.43. The molecule has 0 amide bonds. The fourth-order valence-electron chi connectivity index (χ4n) is 2.12. The highest BCUT2D eigenvalue weighted by Gasteiger charge is 2.31. The standard InChI is InChI=1S/C11H19N3S/c1-11(2)4-3-5-12-9(11)8-14-10-13-6-7-15-10/h6-7,9,12H,3-5,8H2,1-2H3,(H,13,14). The molecule has 2 rings (SSSR count). The monoisotopic (exact) mass is 225 g/mol. The molecule has 0 spiro atoms. The molecule has 3 nitrogen and oxygen atoms in total. The third kappa shape index (κ3) is 2.69. The van der Waals surface area contributed by atoms with Crippen LogP contribution in [0.4, 0.5) is 5.13 Å². The Morgan fingerprint density at radius 1 is 1.67 bits per heavy atom. The fourth-order valence-corrected chi connectivity index (χ4v) is 2.66. The van der Waals surface area contributed by atoms with E-state index in [0.29, 0.717) is 11.5 Å². The Hall–Kier alpha value is -0.610. The van der Waals surface area contributed by atoms with Crippen LogP contribution in [0.25, 0.3) is 0 Å². The van der Waals surface area contributed by atoms with Crippen molar-refractivity contribution in [1.29, 1.82) is 0 Å². The molecule has 1 fully saturated rings. The molecule has 0 bridgehead atoms. The molecule has 2 heterocycles. The SMILES string of the molecule is CC1(C)CCCNC1CNc1nccs1. The summed E-state index contributed by atoms with van der Waals surface area (Å²) in [6.45, 7) is 6.80. The molecule has 0 radical (unpaired) electrons. The van der Waals surface area contributed by atoms with E-state index in [1.165, 1.54) is 12.8 Å². The zero-order valence-corrected chi connectivity index (χ0v) is 10.2. The number of nitrogens with zero attached hydrogens (tertiary/aromatic N) is 1. The van der Waals surface area contributed by atoms with Gasteiger partial charge in [0, 0.05) is 24.2 Å². The molecule has 0 aromatic carbocycles. The second kappa shape index (κ2) is 4.49. The van der Waals surface area contributed by atoms with E-state index in [1.807, 2.05) is 11.6 Å². The minimum Gasteiger partial charge on any atom is -0.360 e. The van der Waals surface area contributed by atoms with Crippen molar-refractivity contribution in [3.8, 4) is 0 Å². The average molecular weight is 225 g/mol. The van der Waals surface area contributed by atoms with Crippen LogP contribution < -0.4 is 10.6 Å². The van der Waals surface area contributed by atoms with Crippen molar-refractivity contribution in [2.24, 2.45) is 5.41 Å². The van der Waals surface area contributed by atoms with Crippen LogP contribution in [0.15, 0.2) is 11.6 Å². The molecule has 1 aromatic heterocycles. The summed E-state index contributed by atoms with van der Waals surface area (Å²) in [7, 11) is 0. The van der Waals surface area contributed by atoms with Crippen molar-refractivity contribution in [3.63, 3.8) is 0 Å². The maximum Gasteiger partial charge on any atom is 0.182 e. The zero-order valence-electron chi connectivity index (χ0n) is 9.42. The lowest BCUT2D eigenvalue weighted by molar-refractivity contribution is 0.188. The van der Waals surface area contributed by atoms with Gasteiger partial charge in [-0.15, -0.1) is 11.3 Å². The largest absolute Gasteiger partial charge is 0.360 e. The molecule has 0 saturated carbocycles. The van der Waals surface area contributed by atoms with Crippen LogP contribution in [0.1, 0.15) is 26.7 Å². The van der Waals surface area contributed by atoms with E-state index >= 15 is 0 Å². The predicted molar refractivity (Wildman–Crippen MR) is 65.4 cm³/mol. The van der Waals surface area contributed by atoms with E-state index < -0.39 is 0 Å². The number of hydrogen-bond donors (Lipinski definition) is 2. The summed E-state index contributed by atoms with van der Waals surface area (Å²) in [5.41, 5.74) is 0.391. The van der Waals surface area contributed by atoms with Gasteiger partial charge in [-0.25, -0.2) is 4.98 Å². The van der Waals surface area contributed by atoms with Gasteiger partial charge in [0.15, 0.2) is 5.13 Å². The van der Waals surface area contributed by atoms with E-state index in [4.69, 9.17) is 0 Å². The van der Waals surface area contributed by atoms with Crippen LogP contribution in [0.5, 0.6) is 0 Å². The second-order valence-corrected chi connectivity index (χ2v) is 5.71. The Kier molecular flexibility index (Phi) is 3.26. The molecule has 1 atom stereocenters. The molecular weight excluding hydrogens is 206 g/mol. The quantitative estimate of drug-likeness (QED) is 0.829. The molecule has 2 N–H and O–H groups in total. The van der Waals surface area contributed by atoms with Gasteiger partial charge in [0.25, 0.3) is 0 Å². The van der Waals surface area contributed by atoms with Gasteiger partial charge in [0.1, 0.15) is 0 Å². The van der Waals surface area contributed by atoms with E-state index in [9.17, 15) is 0 Å². The van der Waals surface area contributed by atoms with Gasteiger partial charge in [-0.2, -0.15) is 0 Å². The van der Waals surface area contributed by atoms with E-state index in [0.717, 1.165) is 18.2 Å². The Labute approximate surface area is 95.3 Å². The molecule has 4 heteroatoms. The van der Waals surface area contributed by atoms with Gasteiger partial charge in [0.05, 0.1) is 0 Å². The summed E-state index contributed by atoms with van der Waals surface area (Å²) in [4.78, 5) is 4.23. The number of thiazole rings is 1. The highest BCUT2D eigenvalue weighted by atomic mass is 32.1. The fraction of sp³-hybridized carbons (Fsp3) is 0.727. The van der Waals surface area contributed by atoms with Crippen molar-refractivity contribution >= 4 is 16.5 Å². The highest BCUT2D eigenvalue weighted by molar-refractivity contribution is 7.13. The van der Waals surface area contributed by atoms with Gasteiger partial charge in [-0.1, -0.05) is 13.8 Å². The number of anilines is 1. The number of aromatic nitrogens is 1. The van der Waals surface area contributed by atoms with Crippen LogP contribution in [0.3, 0.4) is 0 Å². The normalized spacial score (nSPS) is 25.1. The lowest BCUT2D eigenvalue weighted by Gasteiger charge is -2.39. The summed E-state index contributed by atoms with van der Waals surface area (Å²) < 4.78 is 0. The maximum atomic E-state index is 4.23. The van der Waals surface area contributed by atoms with E-state index in [1.54, 1.807) is 11.3 Å². The van der Waals surface area contributed by atoms with E-state index in [-0.39, 0.29) is 0 Å². The molecule has 84 valence electrons. The van der Waals surface area contributed by atoms with Gasteiger partial charge in [-0.05, 0) is 24.8 Å². The maximum absolute atomic E-state index is 4.23. The second-order valence-electron chi connectivity index (χ2n) is 4.82. The van der Waals surface area contributed by atoms with Crippen molar-refractivity contribution in [1.82, 2.24) is 10.3 Å². The Morgan fingerprint density at radius 2 is 2.53 bits per heavy atom. The van der Waals surface area contributed by atoms with Crippen LogP contribution in [0, 0.1) is 5.41 Å². The Bertz CT molecular complexity index is 295. The van der Waals surface area contributed by atoms with Gasteiger partial charge in [0.2, 0.25) is 0 Å². The van der Waals surface area contributed by atoms with Crippen molar-refractivity contribution in [3.05, 3.63) is 11.6 Å². The van der Waals surface area contributed by atoms with Crippen LogP contribution in [-0.2, 0) is 0 Å². The molecule has 1 saturated heterocycles. The molecule has 1 unspecified atom stereocenters. The van der Waals surface area contributed by atoms with Gasteiger partial charge < -0.3 is 10.6 Å². The highest BCUT2D eigenvalue weighted by Crippen LogP contribution is 2.30. The first-order valence-electron chi connectivity index (χ1n) is 5.55. The lowest BCUT2D eigenvalue weighted by atomic mass is 9.77. The summed E-state index contributed by atoms with van der Waals surface area (Å²) in [5, 5.41) is 10.0. The topological polar surface area (TPSA) is 37.0 Å². The number of rotatable bonds is 3. The molecular formula is C11H19N3S. The van der Waals surface area contributed by atoms with E-state index in [2.05, 4.69) is 29.5 Å². The molecule has 1 aliphatic heterocycles. The average Bonchev–Trinajstić information content (AvgIpc) is 2.68. The van der Waals surface area contributed by atoms with Crippen LogP contribution in [-0.4, -0.2) is 24.1 Å². The van der Waals surface area contributed by atoms with Gasteiger partial charge >= 0.3 is 0 Å². The van der Waals surface area contributed by atoms with Crippen molar-refractivity contribution < 1.29 is 0 Å². The lowest BCUT2D eigenvalue weighted by Crippen LogP contribution is -2.50. The zero-order chi connectivity index (χ0) is 10.7. The van der Waals surface area contributed by atoms with Crippen molar-refractivity contribution in [2.45, 2.75) is 32.7 Å². The van der Waals surface area contributed by atoms with Crippen LogP contribution in [0.2, 0.25) is 0 Å². The summed E-state index contributed by atoms with van der Waals surface area (Å²) in [6.07, 6.45) is 4.44. The Balaban J connectivity index is 1.88. The predicted octanol–water partition coefficient (Wildman–Crippen LogP) is 2.33. The van der Waals surface area contributed by atoms with Gasteiger partial charge in [-0.3, -0.25) is 0 Å². The third-order valence-electron chi connectivity index (χ3n) is 3.22. The smallest absolute Gasteiger partial charge is 0.182 e.